The van der Waals surface area contributed by atoms with Crippen molar-refractivity contribution in [3.63, 3.8) is 0 Å². The highest BCUT2D eigenvalue weighted by molar-refractivity contribution is 7.66. The van der Waals surface area contributed by atoms with Gasteiger partial charge in [0.05, 0.1) is 0 Å². The number of unbranched alkanes of at least 4 members (excludes halogenated alkanes) is 1. The maximum Gasteiger partial charge on any atom is 0.229 e. The molecule has 0 heterocycles. The lowest BCUT2D eigenvalue weighted by atomic mass is 10.2. The van der Waals surface area contributed by atoms with Gasteiger partial charge in [0.2, 0.25) is 7.37 Å². The van der Waals surface area contributed by atoms with Crippen LogP contribution in [0.5, 0.6) is 0 Å². The molecule has 0 aliphatic carbocycles. The van der Waals surface area contributed by atoms with Gasteiger partial charge < -0.3 is 4.89 Å². The van der Waals surface area contributed by atoms with Crippen molar-refractivity contribution in [2.75, 3.05) is 6.16 Å². The molecule has 0 saturated carbocycles. The molecule has 1 aromatic carbocycles. The van der Waals surface area contributed by atoms with Gasteiger partial charge >= 0.3 is 0 Å². The van der Waals surface area contributed by atoms with Crippen molar-refractivity contribution in [3.05, 3.63) is 29.8 Å². The molecule has 1 aromatic rings. The Labute approximate surface area is 85.4 Å². The molecule has 1 N–H and O–H groups in total. The Morgan fingerprint density at radius 1 is 1.36 bits per heavy atom. The van der Waals surface area contributed by atoms with Crippen LogP contribution in [0, 0.1) is 6.92 Å². The second kappa shape index (κ2) is 4.77. The molecule has 0 amide bonds. The summed E-state index contributed by atoms with van der Waals surface area (Å²) < 4.78 is 12.0. The Morgan fingerprint density at radius 2 is 2.00 bits per heavy atom. The SMILES string of the molecule is CCCCP(=O)(O)c1ccccc1C. The first kappa shape index (κ1) is 11.5. The molecular weight excluding hydrogens is 195 g/mol. The van der Waals surface area contributed by atoms with Crippen LogP contribution >= 0.6 is 7.37 Å². The lowest BCUT2D eigenvalue weighted by molar-refractivity contribution is 0.487. The molecule has 1 atom stereocenters. The third kappa shape index (κ3) is 2.70. The van der Waals surface area contributed by atoms with E-state index in [1.165, 1.54) is 0 Å². The Balaban J connectivity index is 2.92. The third-order valence-corrected chi connectivity index (χ3v) is 4.48. The minimum Gasteiger partial charge on any atom is -0.341 e. The van der Waals surface area contributed by atoms with Crippen molar-refractivity contribution >= 4 is 12.7 Å². The smallest absolute Gasteiger partial charge is 0.229 e. The second-order valence-electron chi connectivity index (χ2n) is 3.57. The van der Waals surface area contributed by atoms with Gasteiger partial charge in [-0.15, -0.1) is 0 Å². The maximum atomic E-state index is 12.0. The average Bonchev–Trinajstić information content (AvgIpc) is 2.15. The van der Waals surface area contributed by atoms with Crippen molar-refractivity contribution in [1.82, 2.24) is 0 Å². The average molecular weight is 212 g/mol. The van der Waals surface area contributed by atoms with Gasteiger partial charge in [0.1, 0.15) is 0 Å². The van der Waals surface area contributed by atoms with E-state index in [0.29, 0.717) is 11.5 Å². The van der Waals surface area contributed by atoms with Gasteiger partial charge in [-0.1, -0.05) is 31.5 Å². The van der Waals surface area contributed by atoms with Gasteiger partial charge in [0, 0.05) is 11.5 Å². The number of hydrogen-bond acceptors (Lipinski definition) is 1. The zero-order valence-corrected chi connectivity index (χ0v) is 9.63. The van der Waals surface area contributed by atoms with Crippen LogP contribution in [-0.2, 0) is 4.57 Å². The van der Waals surface area contributed by atoms with Crippen LogP contribution in [0.2, 0.25) is 0 Å². The van der Waals surface area contributed by atoms with E-state index < -0.39 is 7.37 Å². The summed E-state index contributed by atoms with van der Waals surface area (Å²) in [5.74, 6) is 0. The van der Waals surface area contributed by atoms with Crippen molar-refractivity contribution in [1.29, 1.82) is 0 Å². The van der Waals surface area contributed by atoms with Gasteiger partial charge in [0.25, 0.3) is 0 Å². The topological polar surface area (TPSA) is 37.3 Å². The lowest BCUT2D eigenvalue weighted by Crippen LogP contribution is -2.10. The van der Waals surface area contributed by atoms with Crippen LogP contribution in [0.1, 0.15) is 25.3 Å². The molecule has 3 heteroatoms. The molecule has 0 bridgehead atoms. The van der Waals surface area contributed by atoms with Crippen LogP contribution < -0.4 is 5.30 Å². The van der Waals surface area contributed by atoms with Crippen LogP contribution in [-0.4, -0.2) is 11.1 Å². The Hall–Kier alpha value is -0.590. The minimum atomic E-state index is -3.10. The largest absolute Gasteiger partial charge is 0.341 e. The first-order valence-corrected chi connectivity index (χ1v) is 6.80. The van der Waals surface area contributed by atoms with Gasteiger partial charge in [-0.3, -0.25) is 4.57 Å². The first-order valence-electron chi connectivity index (χ1n) is 4.96. The predicted molar refractivity (Wildman–Crippen MR) is 60.4 cm³/mol. The Morgan fingerprint density at radius 3 is 2.57 bits per heavy atom. The molecule has 0 aliphatic heterocycles. The molecule has 14 heavy (non-hydrogen) atoms. The molecule has 2 nitrogen and oxygen atoms in total. The van der Waals surface area contributed by atoms with E-state index in [-0.39, 0.29) is 0 Å². The Kier molecular flexibility index (Phi) is 3.91. The van der Waals surface area contributed by atoms with Crippen LogP contribution in [0.3, 0.4) is 0 Å². The van der Waals surface area contributed by atoms with E-state index in [2.05, 4.69) is 0 Å². The van der Waals surface area contributed by atoms with E-state index in [9.17, 15) is 9.46 Å². The van der Waals surface area contributed by atoms with E-state index in [0.717, 1.165) is 18.4 Å². The van der Waals surface area contributed by atoms with Crippen LogP contribution in [0.25, 0.3) is 0 Å². The molecular formula is C11H17O2P. The fraction of sp³-hybridized carbons (Fsp3) is 0.455. The first-order chi connectivity index (χ1) is 6.58. The highest BCUT2D eigenvalue weighted by Gasteiger charge is 2.21. The fourth-order valence-corrected chi connectivity index (χ4v) is 3.38. The number of hydrogen-bond donors (Lipinski definition) is 1. The lowest BCUT2D eigenvalue weighted by Gasteiger charge is -2.13. The summed E-state index contributed by atoms with van der Waals surface area (Å²) in [7, 11) is -3.10. The maximum absolute atomic E-state index is 12.0. The van der Waals surface area contributed by atoms with Gasteiger partial charge in [-0.05, 0) is 25.0 Å². The third-order valence-electron chi connectivity index (χ3n) is 2.31. The van der Waals surface area contributed by atoms with Crippen molar-refractivity contribution < 1.29 is 9.46 Å². The van der Waals surface area contributed by atoms with E-state index in [1.807, 2.05) is 32.0 Å². The van der Waals surface area contributed by atoms with Crippen molar-refractivity contribution in [2.24, 2.45) is 0 Å². The summed E-state index contributed by atoms with van der Waals surface area (Å²) in [5.41, 5.74) is 0.912. The van der Waals surface area contributed by atoms with Crippen molar-refractivity contribution in [3.8, 4) is 0 Å². The molecule has 78 valence electrons. The highest BCUT2D eigenvalue weighted by atomic mass is 31.2. The summed E-state index contributed by atoms with van der Waals surface area (Å²) in [6, 6.07) is 7.34. The quantitative estimate of drug-likeness (QED) is 0.779. The zero-order chi connectivity index (χ0) is 10.6. The highest BCUT2D eigenvalue weighted by Crippen LogP contribution is 2.41. The fourth-order valence-electron chi connectivity index (χ4n) is 1.45. The van der Waals surface area contributed by atoms with Crippen LogP contribution in [0.4, 0.5) is 0 Å². The number of benzene rings is 1. The zero-order valence-electron chi connectivity index (χ0n) is 8.73. The molecule has 1 unspecified atom stereocenters. The van der Waals surface area contributed by atoms with Crippen LogP contribution in [0.15, 0.2) is 24.3 Å². The monoisotopic (exact) mass is 212 g/mol. The number of aryl methyl sites for hydroxylation is 1. The summed E-state index contributed by atoms with van der Waals surface area (Å²) >= 11 is 0. The summed E-state index contributed by atoms with van der Waals surface area (Å²) in [6.45, 7) is 3.90. The molecule has 0 aromatic heterocycles. The van der Waals surface area contributed by atoms with E-state index in [4.69, 9.17) is 0 Å². The molecule has 0 spiro atoms. The standard InChI is InChI=1S/C11H17O2P/c1-3-4-9-14(12,13)11-8-6-5-7-10(11)2/h5-8H,3-4,9H2,1-2H3,(H,12,13). The van der Waals surface area contributed by atoms with Gasteiger partial charge in [-0.25, -0.2) is 0 Å². The normalized spacial score (nSPS) is 15.1. The molecule has 0 radical (unpaired) electrons. The van der Waals surface area contributed by atoms with Gasteiger partial charge in [0.15, 0.2) is 0 Å². The summed E-state index contributed by atoms with van der Waals surface area (Å²) in [4.78, 5) is 9.85. The minimum absolute atomic E-state index is 0.397. The number of rotatable bonds is 4. The summed E-state index contributed by atoms with van der Waals surface area (Å²) in [6.07, 6.45) is 2.16. The second-order valence-corrected chi connectivity index (χ2v) is 5.90. The molecule has 1 rings (SSSR count). The predicted octanol–water partition coefficient (Wildman–Crippen LogP) is 2.69. The Bertz CT molecular complexity index is 347. The summed E-state index contributed by atoms with van der Waals surface area (Å²) in [5, 5.41) is 0.619. The van der Waals surface area contributed by atoms with Crippen molar-refractivity contribution in [2.45, 2.75) is 26.7 Å². The van der Waals surface area contributed by atoms with E-state index in [1.54, 1.807) is 6.07 Å². The molecule has 0 aliphatic rings. The molecule has 0 fully saturated rings. The van der Waals surface area contributed by atoms with Gasteiger partial charge in [-0.2, -0.15) is 0 Å². The molecule has 0 saturated heterocycles. The van der Waals surface area contributed by atoms with E-state index >= 15 is 0 Å².